The molecule has 0 amide bonds. The van der Waals surface area contributed by atoms with Gasteiger partial charge in [-0.05, 0) is 52.0 Å². The molecular weight excluding hydrogens is 271 g/mol. The largest absolute Gasteiger partial charge is 0.125 e. The van der Waals surface area contributed by atoms with Crippen LogP contribution in [0.1, 0.15) is 81.1 Å². The second-order valence-electron chi connectivity index (χ2n) is 5.21. The summed E-state index contributed by atoms with van der Waals surface area (Å²) in [7, 11) is -1.49. The van der Waals surface area contributed by atoms with Crippen molar-refractivity contribution in [3.05, 3.63) is 45.6 Å². The van der Waals surface area contributed by atoms with Crippen LogP contribution in [0, 0.1) is 0 Å². The fourth-order valence-electron chi connectivity index (χ4n) is 3.65. The minimum Gasteiger partial charge on any atom is -0.0580 e. The van der Waals surface area contributed by atoms with Gasteiger partial charge in [0.25, 0.3) is 0 Å². The third-order valence-electron chi connectivity index (χ3n) is 4.51. The van der Waals surface area contributed by atoms with Crippen LogP contribution in [0.25, 0.3) is 0 Å². The molecule has 0 aliphatic heterocycles. The number of rotatable bonds is 8. The van der Waals surface area contributed by atoms with Crippen molar-refractivity contribution in [3.8, 4) is 0 Å². The molecule has 0 saturated heterocycles. The average Bonchev–Trinajstić information content (AvgIpc) is 2.51. The first-order valence-corrected chi connectivity index (χ1v) is 10.4. The third-order valence-corrected chi connectivity index (χ3v) is 10.2. The third kappa shape index (κ3) is 3.78. The van der Waals surface area contributed by atoms with Crippen molar-refractivity contribution in [1.29, 1.82) is 0 Å². The normalized spacial score (nSPS) is 17.9. The van der Waals surface area contributed by atoms with E-state index in [1.165, 1.54) is 0 Å². The highest BCUT2D eigenvalue weighted by molar-refractivity contribution is 7.90. The lowest BCUT2D eigenvalue weighted by molar-refractivity contribution is 1.10. The van der Waals surface area contributed by atoms with Gasteiger partial charge in [0.05, 0.1) is 21.3 Å². The Morgan fingerprint density at radius 3 is 0.810 bits per heavy atom. The lowest BCUT2D eigenvalue weighted by Crippen LogP contribution is -2.06. The van der Waals surface area contributed by atoms with E-state index < -0.39 is 7.26 Å². The minimum absolute atomic E-state index is 1.15. The Morgan fingerprint density at radius 2 is 0.714 bits per heavy atom. The van der Waals surface area contributed by atoms with Crippen LogP contribution in [0.3, 0.4) is 0 Å². The zero-order valence-electron chi connectivity index (χ0n) is 15.6. The first-order chi connectivity index (χ1) is 10.1. The highest BCUT2D eigenvalue weighted by Crippen LogP contribution is 2.84. The van der Waals surface area contributed by atoms with Crippen LogP contribution < -0.4 is 0 Å². The van der Waals surface area contributed by atoms with E-state index in [0.717, 1.165) is 25.7 Å². The molecule has 0 heterocycles. The summed E-state index contributed by atoms with van der Waals surface area (Å²) in [5.74, 6) is 0. The average molecular weight is 307 g/mol. The monoisotopic (exact) mass is 307 g/mol. The predicted molar refractivity (Wildman–Crippen MR) is 103 cm³/mol. The van der Waals surface area contributed by atoms with Crippen molar-refractivity contribution in [2.75, 3.05) is 0 Å². The highest BCUT2D eigenvalue weighted by Gasteiger charge is 2.50. The summed E-state index contributed by atoms with van der Waals surface area (Å²) in [4.78, 5) is 0. The van der Waals surface area contributed by atoms with E-state index in [2.05, 4.69) is 79.7 Å². The number of hydrogen-bond acceptors (Lipinski definition) is 0. The van der Waals surface area contributed by atoms with E-state index in [1.54, 1.807) is 21.3 Å². The fourth-order valence-corrected chi connectivity index (χ4v) is 9.31. The van der Waals surface area contributed by atoms with Crippen molar-refractivity contribution in [2.45, 2.75) is 81.1 Å². The van der Waals surface area contributed by atoms with Crippen molar-refractivity contribution >= 4 is 7.26 Å². The molecule has 21 heavy (non-hydrogen) atoms. The summed E-state index contributed by atoms with van der Waals surface area (Å²) in [6, 6.07) is 0. The Hall–Kier alpha value is -0.610. The zero-order chi connectivity index (χ0) is 16.5. The quantitative estimate of drug-likeness (QED) is 0.396. The molecule has 0 aromatic heterocycles. The summed E-state index contributed by atoms with van der Waals surface area (Å²) >= 11 is 0. The van der Waals surface area contributed by atoms with Gasteiger partial charge >= 0.3 is 0 Å². The first-order valence-electron chi connectivity index (χ1n) is 8.60. The topological polar surface area (TPSA) is 0 Å². The van der Waals surface area contributed by atoms with Gasteiger partial charge in [0, 0.05) is 25.7 Å². The van der Waals surface area contributed by atoms with Gasteiger partial charge in [-0.25, -0.2) is 0 Å². The van der Waals surface area contributed by atoms with E-state index in [-0.39, 0.29) is 0 Å². The molecule has 0 N–H and O–H groups in total. The van der Waals surface area contributed by atoms with Gasteiger partial charge in [0.15, 0.2) is 0 Å². The van der Waals surface area contributed by atoms with Gasteiger partial charge in [-0.2, -0.15) is 0 Å². The van der Waals surface area contributed by atoms with Crippen LogP contribution in [0.2, 0.25) is 0 Å². The lowest BCUT2D eigenvalue weighted by Gasteiger charge is -2.34. The molecule has 120 valence electrons. The molecule has 0 aliphatic rings. The van der Waals surface area contributed by atoms with Crippen molar-refractivity contribution in [3.63, 3.8) is 0 Å². The van der Waals surface area contributed by atoms with Crippen LogP contribution in [0.5, 0.6) is 0 Å². The second kappa shape index (κ2) is 10.2. The molecule has 0 saturated carbocycles. The first kappa shape index (κ1) is 20.4. The maximum Gasteiger partial charge on any atom is 0.125 e. The van der Waals surface area contributed by atoms with Gasteiger partial charge in [-0.15, -0.1) is 0 Å². The summed E-state index contributed by atoms with van der Waals surface area (Å²) in [6.45, 7) is 18.2. The Bertz CT molecular complexity index is 347. The molecule has 0 aromatic carbocycles. The molecular formula is C20H36P+. The Kier molecular flexibility index (Phi) is 9.88. The van der Waals surface area contributed by atoms with Crippen LogP contribution in [0.4, 0.5) is 0 Å². The standard InChI is InChI=1S/C20H36P/c1-9-17(10-2)21(18(11-3)12-4,19(13-5)14-6)20(15-7)16-8/h9,11,13,15H,10,12,14,16H2,1-8H3/q+1. The van der Waals surface area contributed by atoms with Gasteiger partial charge in [0.1, 0.15) is 7.26 Å². The summed E-state index contributed by atoms with van der Waals surface area (Å²) in [6.07, 6.45) is 14.2. The maximum atomic E-state index is 2.39. The number of hydrogen-bond donors (Lipinski definition) is 0. The minimum atomic E-state index is -1.49. The van der Waals surface area contributed by atoms with Crippen molar-refractivity contribution in [1.82, 2.24) is 0 Å². The molecule has 0 radical (unpaired) electrons. The fraction of sp³-hybridized carbons (Fsp3) is 0.600. The van der Waals surface area contributed by atoms with Gasteiger partial charge in [0.2, 0.25) is 0 Å². The molecule has 0 aliphatic carbocycles. The highest BCUT2D eigenvalue weighted by atomic mass is 31.2. The Morgan fingerprint density at radius 1 is 0.524 bits per heavy atom. The molecule has 0 bridgehead atoms. The van der Waals surface area contributed by atoms with Crippen LogP contribution >= 0.6 is 7.26 Å². The zero-order valence-corrected chi connectivity index (χ0v) is 16.5. The second-order valence-corrected chi connectivity index (χ2v) is 8.84. The molecule has 0 atom stereocenters. The molecule has 0 aromatic rings. The maximum absolute atomic E-state index is 2.39. The lowest BCUT2D eigenvalue weighted by atomic mass is 10.4. The van der Waals surface area contributed by atoms with E-state index in [1.807, 2.05) is 0 Å². The summed E-state index contributed by atoms with van der Waals surface area (Å²) < 4.78 is 0. The molecule has 0 spiro atoms. The molecule has 0 unspecified atom stereocenters. The molecule has 0 rings (SSSR count). The van der Waals surface area contributed by atoms with Crippen LogP contribution in [-0.4, -0.2) is 0 Å². The summed E-state index contributed by atoms with van der Waals surface area (Å²) in [5.41, 5.74) is 0. The van der Waals surface area contributed by atoms with Gasteiger partial charge < -0.3 is 0 Å². The molecule has 0 fully saturated rings. The van der Waals surface area contributed by atoms with E-state index in [0.29, 0.717) is 0 Å². The van der Waals surface area contributed by atoms with E-state index in [9.17, 15) is 0 Å². The predicted octanol–water partition coefficient (Wildman–Crippen LogP) is 8.26. The van der Waals surface area contributed by atoms with Crippen molar-refractivity contribution in [2.24, 2.45) is 0 Å². The molecule has 1 heteroatoms. The van der Waals surface area contributed by atoms with Gasteiger partial charge in [-0.1, -0.05) is 27.7 Å². The van der Waals surface area contributed by atoms with E-state index in [4.69, 9.17) is 0 Å². The van der Waals surface area contributed by atoms with E-state index >= 15 is 0 Å². The van der Waals surface area contributed by atoms with Gasteiger partial charge in [-0.3, -0.25) is 0 Å². The van der Waals surface area contributed by atoms with Crippen LogP contribution in [0.15, 0.2) is 45.6 Å². The Balaban J connectivity index is 6.79. The van der Waals surface area contributed by atoms with Crippen LogP contribution in [-0.2, 0) is 0 Å². The Labute approximate surface area is 134 Å². The SMILES string of the molecule is CC=C(CC)[P+](C(=CC)CC)(C(=CC)CC)C(=CC)CC. The summed E-state index contributed by atoms with van der Waals surface area (Å²) in [5, 5.41) is 6.62. The van der Waals surface area contributed by atoms with Crippen molar-refractivity contribution < 1.29 is 0 Å². The molecule has 0 nitrogen and oxygen atoms in total. The smallest absolute Gasteiger partial charge is 0.0580 e. The number of allylic oxidation sites excluding steroid dienone is 8.